The third kappa shape index (κ3) is 3.79. The fourth-order valence-electron chi connectivity index (χ4n) is 1.56. The summed E-state index contributed by atoms with van der Waals surface area (Å²) in [4.78, 5) is 6.81. The lowest BCUT2D eigenvalue weighted by Gasteiger charge is -2.21. The molecule has 1 aromatic heterocycles. The van der Waals surface area contributed by atoms with E-state index in [1.807, 2.05) is 25.2 Å². The van der Waals surface area contributed by atoms with Crippen molar-refractivity contribution in [2.45, 2.75) is 13.5 Å². The van der Waals surface area contributed by atoms with Gasteiger partial charge in [0.25, 0.3) is 0 Å². The van der Waals surface area contributed by atoms with Crippen molar-refractivity contribution in [1.29, 1.82) is 0 Å². The van der Waals surface area contributed by atoms with Crippen molar-refractivity contribution in [3.05, 3.63) is 23.9 Å². The molecule has 0 bridgehead atoms. The Bertz CT molecular complexity index is 304. The van der Waals surface area contributed by atoms with E-state index in [2.05, 4.69) is 22.1 Å². The fraction of sp³-hybridized carbons (Fsp3) is 0.583. The van der Waals surface area contributed by atoms with Crippen LogP contribution in [0.4, 0.5) is 5.82 Å². The van der Waals surface area contributed by atoms with Crippen molar-refractivity contribution in [1.82, 2.24) is 10.3 Å². The van der Waals surface area contributed by atoms with Gasteiger partial charge in [0.15, 0.2) is 0 Å². The van der Waals surface area contributed by atoms with E-state index in [0.29, 0.717) is 0 Å². The molecule has 4 nitrogen and oxygen atoms in total. The Morgan fingerprint density at radius 1 is 1.44 bits per heavy atom. The van der Waals surface area contributed by atoms with E-state index in [1.165, 1.54) is 0 Å². The van der Waals surface area contributed by atoms with E-state index in [9.17, 15) is 0 Å². The summed E-state index contributed by atoms with van der Waals surface area (Å²) in [7, 11) is 3.65. The van der Waals surface area contributed by atoms with Gasteiger partial charge in [-0.2, -0.15) is 0 Å². The van der Waals surface area contributed by atoms with Gasteiger partial charge in [-0.25, -0.2) is 4.98 Å². The number of methoxy groups -OCH3 is 1. The lowest BCUT2D eigenvalue weighted by Crippen LogP contribution is -2.28. The van der Waals surface area contributed by atoms with Crippen molar-refractivity contribution in [2.75, 3.05) is 38.8 Å². The van der Waals surface area contributed by atoms with E-state index in [-0.39, 0.29) is 0 Å². The van der Waals surface area contributed by atoms with Gasteiger partial charge in [-0.15, -0.1) is 0 Å². The van der Waals surface area contributed by atoms with Gasteiger partial charge < -0.3 is 15.0 Å². The van der Waals surface area contributed by atoms with Crippen LogP contribution < -0.4 is 10.2 Å². The molecular formula is C12H21N3O. The summed E-state index contributed by atoms with van der Waals surface area (Å²) in [5.41, 5.74) is 1.07. The highest BCUT2D eigenvalue weighted by atomic mass is 16.5. The second-order valence-corrected chi connectivity index (χ2v) is 3.59. The summed E-state index contributed by atoms with van der Waals surface area (Å²) >= 11 is 0. The number of hydrogen-bond acceptors (Lipinski definition) is 4. The third-order valence-corrected chi connectivity index (χ3v) is 2.42. The maximum Gasteiger partial charge on any atom is 0.128 e. The molecule has 1 rings (SSSR count). The highest BCUT2D eigenvalue weighted by Gasteiger charge is 2.05. The Morgan fingerprint density at radius 2 is 2.25 bits per heavy atom. The lowest BCUT2D eigenvalue weighted by atomic mass is 10.3. The summed E-state index contributed by atoms with van der Waals surface area (Å²) < 4.78 is 5.09. The van der Waals surface area contributed by atoms with Crippen LogP contribution in [0.15, 0.2) is 18.2 Å². The number of ether oxygens (including phenoxy) is 1. The number of rotatable bonds is 7. The topological polar surface area (TPSA) is 37.4 Å². The minimum atomic E-state index is 0.728. The monoisotopic (exact) mass is 223 g/mol. The van der Waals surface area contributed by atoms with E-state index in [1.54, 1.807) is 7.11 Å². The molecule has 0 fully saturated rings. The zero-order valence-electron chi connectivity index (χ0n) is 10.4. The molecule has 0 aliphatic heterocycles. The molecule has 90 valence electrons. The van der Waals surface area contributed by atoms with Crippen LogP contribution in [0, 0.1) is 0 Å². The number of aromatic nitrogens is 1. The summed E-state index contributed by atoms with van der Waals surface area (Å²) in [6, 6.07) is 6.12. The molecule has 16 heavy (non-hydrogen) atoms. The zero-order valence-corrected chi connectivity index (χ0v) is 10.4. The van der Waals surface area contributed by atoms with Gasteiger partial charge in [0, 0.05) is 26.7 Å². The van der Waals surface area contributed by atoms with Gasteiger partial charge in [0.1, 0.15) is 5.82 Å². The summed E-state index contributed by atoms with van der Waals surface area (Å²) in [6.07, 6.45) is 0. The Labute approximate surface area is 97.6 Å². The maximum absolute atomic E-state index is 5.09. The first-order valence-corrected chi connectivity index (χ1v) is 5.66. The standard InChI is InChI=1S/C12H21N3O/c1-4-15(8-9-16-3)12-7-5-6-11(14-12)10-13-2/h5-7,13H,4,8-10H2,1-3H3. The van der Waals surface area contributed by atoms with Gasteiger partial charge in [-0.1, -0.05) is 6.07 Å². The number of likely N-dealkylation sites (N-methyl/N-ethyl adjacent to an activating group) is 1. The summed E-state index contributed by atoms with van der Waals surface area (Å²) in [5.74, 6) is 1.02. The van der Waals surface area contributed by atoms with Gasteiger partial charge >= 0.3 is 0 Å². The number of nitrogens with one attached hydrogen (secondary N) is 1. The smallest absolute Gasteiger partial charge is 0.128 e. The molecule has 0 unspecified atom stereocenters. The van der Waals surface area contributed by atoms with Crippen LogP contribution in [-0.2, 0) is 11.3 Å². The highest BCUT2D eigenvalue weighted by molar-refractivity contribution is 5.39. The summed E-state index contributed by atoms with van der Waals surface area (Å²) in [6.45, 7) is 5.48. The largest absolute Gasteiger partial charge is 0.383 e. The van der Waals surface area contributed by atoms with E-state index in [4.69, 9.17) is 4.74 Å². The first-order valence-electron chi connectivity index (χ1n) is 5.66. The molecule has 0 saturated carbocycles. The number of hydrogen-bond donors (Lipinski definition) is 1. The van der Waals surface area contributed by atoms with Crippen LogP contribution in [0.2, 0.25) is 0 Å². The molecule has 0 aliphatic carbocycles. The first kappa shape index (κ1) is 12.9. The molecule has 0 spiro atoms. The second-order valence-electron chi connectivity index (χ2n) is 3.59. The van der Waals surface area contributed by atoms with Crippen LogP contribution in [-0.4, -0.2) is 38.8 Å². The zero-order chi connectivity index (χ0) is 11.8. The second kappa shape index (κ2) is 7.19. The molecule has 0 amide bonds. The van der Waals surface area contributed by atoms with E-state index >= 15 is 0 Å². The number of pyridine rings is 1. The summed E-state index contributed by atoms with van der Waals surface area (Å²) in [5, 5.41) is 3.11. The van der Waals surface area contributed by atoms with Crippen molar-refractivity contribution in [2.24, 2.45) is 0 Å². The van der Waals surface area contributed by atoms with Crippen LogP contribution in [0.5, 0.6) is 0 Å². The minimum Gasteiger partial charge on any atom is -0.383 e. The molecular weight excluding hydrogens is 202 g/mol. The van der Waals surface area contributed by atoms with Crippen molar-refractivity contribution >= 4 is 5.82 Å². The van der Waals surface area contributed by atoms with Gasteiger partial charge in [-0.3, -0.25) is 0 Å². The van der Waals surface area contributed by atoms with Gasteiger partial charge in [-0.05, 0) is 26.1 Å². The molecule has 1 aromatic rings. The van der Waals surface area contributed by atoms with Crippen LogP contribution in [0.3, 0.4) is 0 Å². The average Bonchev–Trinajstić information content (AvgIpc) is 2.31. The molecule has 0 radical (unpaired) electrons. The lowest BCUT2D eigenvalue weighted by molar-refractivity contribution is 0.205. The maximum atomic E-state index is 5.09. The highest BCUT2D eigenvalue weighted by Crippen LogP contribution is 2.10. The van der Waals surface area contributed by atoms with Crippen LogP contribution in [0.1, 0.15) is 12.6 Å². The predicted octanol–water partition coefficient (Wildman–Crippen LogP) is 1.27. The molecule has 0 aromatic carbocycles. The van der Waals surface area contributed by atoms with Crippen LogP contribution in [0.25, 0.3) is 0 Å². The Morgan fingerprint density at radius 3 is 2.88 bits per heavy atom. The molecule has 1 N–H and O–H groups in total. The van der Waals surface area contributed by atoms with E-state index < -0.39 is 0 Å². The fourth-order valence-corrected chi connectivity index (χ4v) is 1.56. The quantitative estimate of drug-likeness (QED) is 0.755. The van der Waals surface area contributed by atoms with Crippen molar-refractivity contribution in [3.8, 4) is 0 Å². The molecule has 0 atom stereocenters. The Kier molecular flexibility index (Phi) is 5.82. The molecule has 0 aliphatic rings. The van der Waals surface area contributed by atoms with Crippen LogP contribution >= 0.6 is 0 Å². The third-order valence-electron chi connectivity index (χ3n) is 2.42. The minimum absolute atomic E-state index is 0.728. The molecule has 1 heterocycles. The molecule has 4 heteroatoms. The molecule has 0 saturated heterocycles. The number of nitrogens with zero attached hydrogens (tertiary/aromatic N) is 2. The predicted molar refractivity (Wildman–Crippen MR) is 66.8 cm³/mol. The SMILES string of the molecule is CCN(CCOC)c1cccc(CNC)n1. The average molecular weight is 223 g/mol. The first-order chi connectivity index (χ1) is 7.81. The number of anilines is 1. The van der Waals surface area contributed by atoms with Gasteiger partial charge in [0.05, 0.1) is 12.3 Å². The normalized spacial score (nSPS) is 10.4. The Balaban J connectivity index is 2.71. The Hall–Kier alpha value is -1.13. The van der Waals surface area contributed by atoms with Crippen molar-refractivity contribution in [3.63, 3.8) is 0 Å². The van der Waals surface area contributed by atoms with E-state index in [0.717, 1.165) is 37.8 Å². The van der Waals surface area contributed by atoms with Gasteiger partial charge in [0.2, 0.25) is 0 Å². The van der Waals surface area contributed by atoms with Crippen molar-refractivity contribution < 1.29 is 4.74 Å².